The molecule has 94 valence electrons. The Kier molecular flexibility index (Phi) is 3.38. The van der Waals surface area contributed by atoms with Crippen molar-refractivity contribution in [1.29, 1.82) is 0 Å². The number of aromatic nitrogens is 3. The Morgan fingerprint density at radius 2 is 2.00 bits per heavy atom. The van der Waals surface area contributed by atoms with Crippen LogP contribution in [0.1, 0.15) is 17.2 Å². The van der Waals surface area contributed by atoms with Crippen molar-refractivity contribution in [3.05, 3.63) is 47.8 Å². The van der Waals surface area contributed by atoms with Crippen LogP contribution in [0.15, 0.2) is 35.5 Å². The highest BCUT2D eigenvalue weighted by atomic mass is 32.2. The Balaban J connectivity index is 2.34. The number of hydrogen-bond donors (Lipinski definition) is 0. The molecule has 0 radical (unpaired) electrons. The van der Waals surface area contributed by atoms with E-state index in [1.807, 2.05) is 6.92 Å². The second-order valence-electron chi connectivity index (χ2n) is 4.00. The maximum Gasteiger partial charge on any atom is 0.185 e. The van der Waals surface area contributed by atoms with Crippen molar-refractivity contribution < 1.29 is 8.42 Å². The normalized spacial score (nSPS) is 11.4. The summed E-state index contributed by atoms with van der Waals surface area (Å²) in [4.78, 5) is 12.3. The van der Waals surface area contributed by atoms with Crippen molar-refractivity contribution in [2.24, 2.45) is 0 Å². The molecule has 2 aromatic rings. The summed E-state index contributed by atoms with van der Waals surface area (Å²) in [6.45, 7) is 3.56. The van der Waals surface area contributed by atoms with Crippen LogP contribution >= 0.6 is 0 Å². The van der Waals surface area contributed by atoms with Gasteiger partial charge in [-0.25, -0.2) is 18.4 Å². The van der Waals surface area contributed by atoms with Gasteiger partial charge in [-0.2, -0.15) is 0 Å². The molecule has 0 aliphatic carbocycles. The second kappa shape index (κ2) is 4.81. The fourth-order valence-corrected chi connectivity index (χ4v) is 2.89. The third kappa shape index (κ3) is 2.89. The first-order valence-electron chi connectivity index (χ1n) is 5.41. The number of hydrogen-bond acceptors (Lipinski definition) is 5. The summed E-state index contributed by atoms with van der Waals surface area (Å²) in [6, 6.07) is 4.81. The summed E-state index contributed by atoms with van der Waals surface area (Å²) in [5.41, 5.74) is 1.27. The highest BCUT2D eigenvalue weighted by molar-refractivity contribution is 7.90. The van der Waals surface area contributed by atoms with Gasteiger partial charge in [0.2, 0.25) is 0 Å². The molecule has 0 fully saturated rings. The molecule has 2 heterocycles. The third-order valence-corrected chi connectivity index (χ3v) is 3.99. The number of rotatable bonds is 3. The quantitative estimate of drug-likeness (QED) is 0.838. The van der Waals surface area contributed by atoms with Gasteiger partial charge in [0.15, 0.2) is 9.84 Å². The molecule has 0 atom stereocenters. The monoisotopic (exact) mass is 263 g/mol. The highest BCUT2D eigenvalue weighted by Gasteiger charge is 2.16. The molecule has 0 aliphatic rings. The van der Waals surface area contributed by atoms with E-state index in [2.05, 4.69) is 15.0 Å². The molecule has 0 aromatic carbocycles. The maximum atomic E-state index is 12.1. The Labute approximate surface area is 106 Å². The SMILES string of the molecule is Cc1cc(CS(=O)(=O)c2cccnc2)nc(C)n1. The van der Waals surface area contributed by atoms with Crippen LogP contribution in [0.3, 0.4) is 0 Å². The van der Waals surface area contributed by atoms with Crippen LogP contribution < -0.4 is 0 Å². The Morgan fingerprint density at radius 1 is 1.22 bits per heavy atom. The van der Waals surface area contributed by atoms with E-state index in [-0.39, 0.29) is 10.6 Å². The second-order valence-corrected chi connectivity index (χ2v) is 5.99. The molecule has 18 heavy (non-hydrogen) atoms. The lowest BCUT2D eigenvalue weighted by Crippen LogP contribution is -2.08. The standard InChI is InChI=1S/C12H13N3O2S/c1-9-6-11(15-10(2)14-9)8-18(16,17)12-4-3-5-13-7-12/h3-7H,8H2,1-2H3. The van der Waals surface area contributed by atoms with Gasteiger partial charge >= 0.3 is 0 Å². The molecule has 0 saturated heterocycles. The number of aryl methyl sites for hydroxylation is 2. The summed E-state index contributed by atoms with van der Waals surface area (Å²) >= 11 is 0. The zero-order valence-electron chi connectivity index (χ0n) is 10.2. The van der Waals surface area contributed by atoms with Crippen molar-refractivity contribution >= 4 is 9.84 Å². The van der Waals surface area contributed by atoms with Crippen molar-refractivity contribution in [1.82, 2.24) is 15.0 Å². The predicted octanol–water partition coefficient (Wildman–Crippen LogP) is 1.46. The molecule has 0 saturated carbocycles. The lowest BCUT2D eigenvalue weighted by Gasteiger charge is -2.05. The van der Waals surface area contributed by atoms with Crippen molar-refractivity contribution in [2.75, 3.05) is 0 Å². The third-order valence-electron chi connectivity index (χ3n) is 2.35. The largest absolute Gasteiger partial charge is 0.263 e. The van der Waals surface area contributed by atoms with Crippen molar-refractivity contribution in [3.63, 3.8) is 0 Å². The van der Waals surface area contributed by atoms with Gasteiger partial charge < -0.3 is 0 Å². The van der Waals surface area contributed by atoms with Crippen LogP contribution in [-0.4, -0.2) is 23.4 Å². The minimum absolute atomic E-state index is 0.136. The molecular weight excluding hydrogens is 250 g/mol. The predicted molar refractivity (Wildman–Crippen MR) is 66.6 cm³/mol. The fourth-order valence-electron chi connectivity index (χ4n) is 1.68. The molecule has 0 aliphatic heterocycles. The first-order valence-corrected chi connectivity index (χ1v) is 7.06. The lowest BCUT2D eigenvalue weighted by molar-refractivity contribution is 0.594. The average molecular weight is 263 g/mol. The Bertz CT molecular complexity index is 634. The van der Waals surface area contributed by atoms with E-state index in [0.29, 0.717) is 11.5 Å². The van der Waals surface area contributed by atoms with E-state index in [1.165, 1.54) is 18.5 Å². The van der Waals surface area contributed by atoms with Crippen LogP contribution in [0.25, 0.3) is 0 Å². The van der Waals surface area contributed by atoms with E-state index >= 15 is 0 Å². The zero-order valence-corrected chi connectivity index (χ0v) is 11.0. The molecule has 0 unspecified atom stereocenters. The van der Waals surface area contributed by atoms with Gasteiger partial charge in [-0.15, -0.1) is 0 Å². The number of nitrogens with zero attached hydrogens (tertiary/aromatic N) is 3. The zero-order chi connectivity index (χ0) is 13.2. The van der Waals surface area contributed by atoms with Crippen LogP contribution in [0.2, 0.25) is 0 Å². The number of sulfone groups is 1. The van der Waals surface area contributed by atoms with E-state index in [0.717, 1.165) is 5.69 Å². The molecule has 6 heteroatoms. The molecule has 0 N–H and O–H groups in total. The molecule has 0 spiro atoms. The highest BCUT2D eigenvalue weighted by Crippen LogP contribution is 2.14. The molecule has 0 bridgehead atoms. The van der Waals surface area contributed by atoms with Gasteiger partial charge in [-0.05, 0) is 32.0 Å². The van der Waals surface area contributed by atoms with Crippen molar-refractivity contribution in [3.8, 4) is 0 Å². The summed E-state index contributed by atoms with van der Waals surface area (Å²) < 4.78 is 24.2. The number of pyridine rings is 1. The minimum atomic E-state index is -3.40. The Morgan fingerprint density at radius 3 is 2.61 bits per heavy atom. The molecule has 5 nitrogen and oxygen atoms in total. The summed E-state index contributed by atoms with van der Waals surface area (Å²) in [6.07, 6.45) is 2.88. The van der Waals surface area contributed by atoms with E-state index in [9.17, 15) is 8.42 Å². The summed E-state index contributed by atoms with van der Waals surface area (Å²) in [5, 5.41) is 0. The smallest absolute Gasteiger partial charge is 0.185 e. The first-order chi connectivity index (χ1) is 8.47. The molecule has 2 aromatic heterocycles. The van der Waals surface area contributed by atoms with Crippen LogP contribution in [0, 0.1) is 13.8 Å². The van der Waals surface area contributed by atoms with E-state index in [1.54, 1.807) is 19.1 Å². The molecular formula is C12H13N3O2S. The van der Waals surface area contributed by atoms with E-state index in [4.69, 9.17) is 0 Å². The minimum Gasteiger partial charge on any atom is -0.263 e. The Hall–Kier alpha value is -1.82. The van der Waals surface area contributed by atoms with Crippen molar-refractivity contribution in [2.45, 2.75) is 24.5 Å². The van der Waals surface area contributed by atoms with Crippen LogP contribution in [-0.2, 0) is 15.6 Å². The summed E-state index contributed by atoms with van der Waals surface area (Å²) in [5.74, 6) is 0.439. The molecule has 0 amide bonds. The van der Waals surface area contributed by atoms with Crippen LogP contribution in [0.4, 0.5) is 0 Å². The summed E-state index contributed by atoms with van der Waals surface area (Å²) in [7, 11) is -3.40. The maximum absolute atomic E-state index is 12.1. The van der Waals surface area contributed by atoms with Gasteiger partial charge in [0.1, 0.15) is 5.82 Å². The first kappa shape index (κ1) is 12.6. The lowest BCUT2D eigenvalue weighted by atomic mass is 10.3. The molecule has 2 rings (SSSR count). The average Bonchev–Trinajstić information content (AvgIpc) is 2.28. The topological polar surface area (TPSA) is 72.8 Å². The van der Waals surface area contributed by atoms with Gasteiger partial charge in [0, 0.05) is 18.1 Å². The van der Waals surface area contributed by atoms with Gasteiger partial charge in [-0.3, -0.25) is 4.98 Å². The van der Waals surface area contributed by atoms with Crippen LogP contribution in [0.5, 0.6) is 0 Å². The van der Waals surface area contributed by atoms with Gasteiger partial charge in [0.25, 0.3) is 0 Å². The van der Waals surface area contributed by atoms with Gasteiger partial charge in [-0.1, -0.05) is 0 Å². The van der Waals surface area contributed by atoms with E-state index < -0.39 is 9.84 Å². The van der Waals surface area contributed by atoms with Gasteiger partial charge in [0.05, 0.1) is 16.3 Å². The fraction of sp³-hybridized carbons (Fsp3) is 0.250.